The summed E-state index contributed by atoms with van der Waals surface area (Å²) in [5, 5.41) is 5.87. The van der Waals surface area contributed by atoms with Gasteiger partial charge in [-0.15, -0.1) is 11.3 Å². The van der Waals surface area contributed by atoms with Crippen molar-refractivity contribution in [2.24, 2.45) is 0 Å². The summed E-state index contributed by atoms with van der Waals surface area (Å²) in [5.41, 5.74) is 1.46. The number of likely N-dealkylation sites (N-methyl/N-ethyl adjacent to an activating group) is 1. The molecule has 0 amide bonds. The zero-order valence-corrected chi connectivity index (χ0v) is 15.3. The van der Waals surface area contributed by atoms with E-state index in [0.717, 1.165) is 13.0 Å². The van der Waals surface area contributed by atoms with Gasteiger partial charge >= 0.3 is 0 Å². The van der Waals surface area contributed by atoms with E-state index in [4.69, 9.17) is 23.2 Å². The number of benzene rings is 1. The third-order valence-corrected chi connectivity index (χ3v) is 5.81. The van der Waals surface area contributed by atoms with Crippen LogP contribution in [0.1, 0.15) is 49.5 Å². The lowest BCUT2D eigenvalue weighted by Gasteiger charge is -2.13. The Morgan fingerprint density at radius 3 is 2.57 bits per heavy atom. The molecule has 1 atom stereocenters. The van der Waals surface area contributed by atoms with Crippen LogP contribution in [0.2, 0.25) is 10.0 Å². The number of rotatable bonds is 7. The molecule has 2 aromatic rings. The molecule has 1 nitrogen and oxygen atoms in total. The van der Waals surface area contributed by atoms with Crippen molar-refractivity contribution in [2.75, 3.05) is 13.6 Å². The van der Waals surface area contributed by atoms with Gasteiger partial charge in [-0.05, 0) is 48.9 Å². The first-order valence-corrected chi connectivity index (χ1v) is 9.20. The second-order valence-electron chi connectivity index (χ2n) is 5.62. The minimum absolute atomic E-state index is 0.484. The van der Waals surface area contributed by atoms with Crippen molar-refractivity contribution < 1.29 is 0 Å². The minimum Gasteiger partial charge on any atom is -0.319 e. The van der Waals surface area contributed by atoms with E-state index in [2.05, 4.69) is 19.2 Å². The maximum atomic E-state index is 6.23. The lowest BCUT2D eigenvalue weighted by molar-refractivity contribution is 0.668. The molecule has 1 aromatic heterocycles. The molecule has 0 saturated heterocycles. The summed E-state index contributed by atoms with van der Waals surface area (Å²) in [6.07, 6.45) is 4.95. The SMILES string of the molecule is CCCCCc1sc2cc(Cl)c(Cl)cc2c1C(C)CNC. The Hall–Kier alpha value is -0.280. The van der Waals surface area contributed by atoms with Crippen molar-refractivity contribution in [1.82, 2.24) is 5.32 Å². The van der Waals surface area contributed by atoms with Gasteiger partial charge in [0, 0.05) is 16.1 Å². The van der Waals surface area contributed by atoms with Crippen LogP contribution < -0.4 is 5.32 Å². The monoisotopic (exact) mass is 343 g/mol. The fourth-order valence-corrected chi connectivity index (χ4v) is 4.61. The summed E-state index contributed by atoms with van der Waals surface area (Å²) in [5.74, 6) is 0.484. The van der Waals surface area contributed by atoms with Crippen molar-refractivity contribution in [3.05, 3.63) is 32.6 Å². The number of hydrogen-bond donors (Lipinski definition) is 1. The van der Waals surface area contributed by atoms with Crippen LogP contribution in [0.4, 0.5) is 0 Å². The fourth-order valence-electron chi connectivity index (χ4n) is 2.83. The summed E-state index contributed by atoms with van der Waals surface area (Å²) in [6, 6.07) is 4.06. The van der Waals surface area contributed by atoms with Gasteiger partial charge in [-0.1, -0.05) is 49.9 Å². The molecule has 0 aliphatic rings. The molecule has 1 aromatic carbocycles. The van der Waals surface area contributed by atoms with E-state index >= 15 is 0 Å². The summed E-state index contributed by atoms with van der Waals surface area (Å²) in [6.45, 7) is 5.51. The quantitative estimate of drug-likeness (QED) is 0.584. The normalized spacial score (nSPS) is 13.0. The highest BCUT2D eigenvalue weighted by molar-refractivity contribution is 7.19. The molecule has 0 bridgehead atoms. The number of halogens is 2. The minimum atomic E-state index is 0.484. The lowest BCUT2D eigenvalue weighted by atomic mass is 9.95. The highest BCUT2D eigenvalue weighted by Gasteiger charge is 2.18. The Morgan fingerprint density at radius 2 is 1.90 bits per heavy atom. The van der Waals surface area contributed by atoms with Crippen LogP contribution >= 0.6 is 34.5 Å². The van der Waals surface area contributed by atoms with E-state index in [0.29, 0.717) is 16.0 Å². The van der Waals surface area contributed by atoms with Crippen LogP contribution in [0.5, 0.6) is 0 Å². The Labute approximate surface area is 141 Å². The average Bonchev–Trinajstić information content (AvgIpc) is 2.77. The van der Waals surface area contributed by atoms with E-state index < -0.39 is 0 Å². The number of fused-ring (bicyclic) bond motifs is 1. The van der Waals surface area contributed by atoms with Gasteiger partial charge in [0.1, 0.15) is 0 Å². The van der Waals surface area contributed by atoms with E-state index in [9.17, 15) is 0 Å². The number of hydrogen-bond acceptors (Lipinski definition) is 2. The topological polar surface area (TPSA) is 12.0 Å². The van der Waals surface area contributed by atoms with Gasteiger partial charge in [-0.2, -0.15) is 0 Å². The Kier molecular flexibility index (Phi) is 6.36. The smallest absolute Gasteiger partial charge is 0.0606 e. The van der Waals surface area contributed by atoms with Gasteiger partial charge in [0.25, 0.3) is 0 Å². The van der Waals surface area contributed by atoms with Crippen LogP contribution in [-0.2, 0) is 6.42 Å². The van der Waals surface area contributed by atoms with Gasteiger partial charge in [-0.25, -0.2) is 0 Å². The molecule has 0 saturated carbocycles. The summed E-state index contributed by atoms with van der Waals surface area (Å²) in [7, 11) is 2.01. The average molecular weight is 344 g/mol. The molecule has 4 heteroatoms. The van der Waals surface area contributed by atoms with Gasteiger partial charge in [0.2, 0.25) is 0 Å². The van der Waals surface area contributed by atoms with Gasteiger partial charge in [0.05, 0.1) is 10.0 Å². The third-order valence-electron chi connectivity index (χ3n) is 3.86. The molecule has 0 radical (unpaired) electrons. The van der Waals surface area contributed by atoms with Crippen LogP contribution in [0, 0.1) is 0 Å². The molecular formula is C17H23Cl2NS. The number of nitrogens with one attached hydrogen (secondary N) is 1. The largest absolute Gasteiger partial charge is 0.319 e. The molecule has 1 unspecified atom stereocenters. The molecule has 0 spiro atoms. The number of unbranched alkanes of at least 4 members (excludes halogenated alkanes) is 2. The molecule has 1 N–H and O–H groups in total. The van der Waals surface area contributed by atoms with Gasteiger partial charge in [-0.3, -0.25) is 0 Å². The molecule has 2 rings (SSSR count). The number of thiophene rings is 1. The molecule has 0 aliphatic heterocycles. The van der Waals surface area contributed by atoms with Crippen LogP contribution in [0.25, 0.3) is 10.1 Å². The van der Waals surface area contributed by atoms with E-state index in [1.54, 1.807) is 0 Å². The van der Waals surface area contributed by atoms with Gasteiger partial charge < -0.3 is 5.32 Å². The maximum absolute atomic E-state index is 6.23. The summed E-state index contributed by atoms with van der Waals surface area (Å²) >= 11 is 14.3. The van der Waals surface area contributed by atoms with E-state index in [1.165, 1.54) is 39.8 Å². The zero-order valence-electron chi connectivity index (χ0n) is 12.9. The van der Waals surface area contributed by atoms with Crippen molar-refractivity contribution in [3.63, 3.8) is 0 Å². The first kappa shape index (κ1) is 17.1. The van der Waals surface area contributed by atoms with Crippen LogP contribution in [0.15, 0.2) is 12.1 Å². The molecule has 0 aliphatic carbocycles. The first-order chi connectivity index (χ1) is 10.1. The molecule has 0 fully saturated rings. The van der Waals surface area contributed by atoms with Crippen molar-refractivity contribution in [3.8, 4) is 0 Å². The number of aryl methyl sites for hydroxylation is 1. The van der Waals surface area contributed by atoms with Crippen LogP contribution in [-0.4, -0.2) is 13.6 Å². The maximum Gasteiger partial charge on any atom is 0.0606 e. The predicted molar refractivity (Wildman–Crippen MR) is 97.4 cm³/mol. The second kappa shape index (κ2) is 7.82. The summed E-state index contributed by atoms with van der Waals surface area (Å²) < 4.78 is 1.26. The Bertz CT molecular complexity index is 606. The summed E-state index contributed by atoms with van der Waals surface area (Å²) in [4.78, 5) is 1.50. The first-order valence-electron chi connectivity index (χ1n) is 7.63. The van der Waals surface area contributed by atoms with E-state index in [1.807, 2.05) is 30.5 Å². The standard InChI is InChI=1S/C17H23Cl2NS/c1-4-5-6-7-15-17(11(2)10-20-3)12-8-13(18)14(19)9-16(12)21-15/h8-9,11,20H,4-7,10H2,1-3H3. The van der Waals surface area contributed by atoms with E-state index in [-0.39, 0.29) is 0 Å². The van der Waals surface area contributed by atoms with Crippen LogP contribution in [0.3, 0.4) is 0 Å². The Balaban J connectivity index is 2.46. The van der Waals surface area contributed by atoms with Gasteiger partial charge in [0.15, 0.2) is 0 Å². The van der Waals surface area contributed by atoms with Crippen molar-refractivity contribution in [1.29, 1.82) is 0 Å². The highest BCUT2D eigenvalue weighted by atomic mass is 35.5. The molecule has 1 heterocycles. The predicted octanol–water partition coefficient (Wildman–Crippen LogP) is 6.26. The Morgan fingerprint density at radius 1 is 1.19 bits per heavy atom. The zero-order chi connectivity index (χ0) is 15.4. The fraction of sp³-hybridized carbons (Fsp3) is 0.529. The molecule has 116 valence electrons. The van der Waals surface area contributed by atoms with Crippen molar-refractivity contribution >= 4 is 44.6 Å². The lowest BCUT2D eigenvalue weighted by Crippen LogP contribution is -2.15. The second-order valence-corrected chi connectivity index (χ2v) is 7.57. The molecular weight excluding hydrogens is 321 g/mol. The van der Waals surface area contributed by atoms with Crippen molar-refractivity contribution in [2.45, 2.75) is 45.4 Å². The third kappa shape index (κ3) is 3.92. The highest BCUT2D eigenvalue weighted by Crippen LogP contribution is 2.40. The molecule has 21 heavy (non-hydrogen) atoms.